The molecule has 0 radical (unpaired) electrons. The molecule has 1 aromatic heterocycles. The molecule has 0 spiro atoms. The number of pyridine rings is 1. The molecule has 13 heavy (non-hydrogen) atoms. The van der Waals surface area contributed by atoms with Crippen LogP contribution in [0.2, 0.25) is 0 Å². The Balaban J connectivity index is 3.04. The second-order valence-corrected chi connectivity index (χ2v) is 2.33. The first-order valence-electron chi connectivity index (χ1n) is 3.39. The number of carboxylic acids is 1. The van der Waals surface area contributed by atoms with Gasteiger partial charge in [0.15, 0.2) is 0 Å². The molecule has 0 saturated carbocycles. The van der Waals surface area contributed by atoms with E-state index in [0.717, 1.165) is 6.20 Å². The summed E-state index contributed by atoms with van der Waals surface area (Å²) in [5.74, 6) is -1.20. The molecule has 1 rings (SSSR count). The number of aromatic carboxylic acids is 1. The molecule has 6 heteroatoms. The third-order valence-electron chi connectivity index (χ3n) is 1.44. The molecule has 68 valence electrons. The lowest BCUT2D eigenvalue weighted by molar-refractivity contribution is -0.496. The first kappa shape index (κ1) is 9.11. The summed E-state index contributed by atoms with van der Waals surface area (Å²) in [6.45, 7) is -0.496. The summed E-state index contributed by atoms with van der Waals surface area (Å²) in [6, 6.07) is 1.33. The average molecular weight is 182 g/mol. The van der Waals surface area contributed by atoms with Crippen molar-refractivity contribution < 1.29 is 14.8 Å². The van der Waals surface area contributed by atoms with Crippen LogP contribution < -0.4 is 0 Å². The summed E-state index contributed by atoms with van der Waals surface area (Å²) < 4.78 is 0. The molecule has 0 unspecified atom stereocenters. The highest BCUT2D eigenvalue weighted by atomic mass is 16.6. The van der Waals surface area contributed by atoms with E-state index >= 15 is 0 Å². The second kappa shape index (κ2) is 3.61. The van der Waals surface area contributed by atoms with Crippen molar-refractivity contribution in [3.63, 3.8) is 0 Å². The third-order valence-corrected chi connectivity index (χ3v) is 1.44. The zero-order valence-electron chi connectivity index (χ0n) is 6.51. The summed E-state index contributed by atoms with van der Waals surface area (Å²) in [5, 5.41) is 18.8. The van der Waals surface area contributed by atoms with Gasteiger partial charge in [-0.1, -0.05) is 0 Å². The maximum Gasteiger partial charge on any atom is 0.337 e. The lowest BCUT2D eigenvalue weighted by atomic mass is 10.1. The van der Waals surface area contributed by atoms with Gasteiger partial charge in [0.25, 0.3) is 0 Å². The Hall–Kier alpha value is -1.98. The highest BCUT2D eigenvalue weighted by Crippen LogP contribution is 2.07. The van der Waals surface area contributed by atoms with E-state index in [1.54, 1.807) is 0 Å². The highest BCUT2D eigenvalue weighted by molar-refractivity contribution is 5.88. The van der Waals surface area contributed by atoms with E-state index in [4.69, 9.17) is 5.11 Å². The molecule has 0 aliphatic rings. The lowest BCUT2D eigenvalue weighted by Crippen LogP contribution is -2.07. The summed E-state index contributed by atoms with van der Waals surface area (Å²) >= 11 is 0. The van der Waals surface area contributed by atoms with Crippen LogP contribution in [0.3, 0.4) is 0 Å². The Kier molecular flexibility index (Phi) is 2.53. The fourth-order valence-electron chi connectivity index (χ4n) is 0.893. The Bertz CT molecular complexity index is 350. The molecule has 6 nitrogen and oxygen atoms in total. The molecule has 0 aromatic carbocycles. The minimum atomic E-state index is -1.20. The quantitative estimate of drug-likeness (QED) is 0.544. The van der Waals surface area contributed by atoms with Crippen LogP contribution in [0.5, 0.6) is 0 Å². The van der Waals surface area contributed by atoms with Crippen molar-refractivity contribution in [3.05, 3.63) is 39.7 Å². The SMILES string of the molecule is O=C(O)c1cnccc1C[N+](=O)[O-]. The highest BCUT2D eigenvalue weighted by Gasteiger charge is 2.13. The first-order chi connectivity index (χ1) is 6.11. The zero-order chi connectivity index (χ0) is 9.84. The van der Waals surface area contributed by atoms with Gasteiger partial charge in [0.1, 0.15) is 0 Å². The van der Waals surface area contributed by atoms with E-state index < -0.39 is 17.4 Å². The van der Waals surface area contributed by atoms with Crippen LogP contribution in [-0.2, 0) is 6.54 Å². The van der Waals surface area contributed by atoms with Crippen molar-refractivity contribution in [2.24, 2.45) is 0 Å². The van der Waals surface area contributed by atoms with Gasteiger partial charge < -0.3 is 5.11 Å². The van der Waals surface area contributed by atoms with Gasteiger partial charge in [-0.15, -0.1) is 0 Å². The maximum atomic E-state index is 10.5. The monoisotopic (exact) mass is 182 g/mol. The molecule has 0 saturated heterocycles. The fraction of sp³-hybridized carbons (Fsp3) is 0.143. The van der Waals surface area contributed by atoms with Crippen LogP contribution in [0.25, 0.3) is 0 Å². The van der Waals surface area contributed by atoms with Gasteiger partial charge in [-0.3, -0.25) is 15.1 Å². The van der Waals surface area contributed by atoms with Gasteiger partial charge >= 0.3 is 5.97 Å². The molecule has 1 N–H and O–H groups in total. The third kappa shape index (κ3) is 2.22. The Morgan fingerprint density at radius 1 is 1.69 bits per heavy atom. The van der Waals surface area contributed by atoms with Crippen LogP contribution in [0.1, 0.15) is 15.9 Å². The van der Waals surface area contributed by atoms with Crippen LogP contribution >= 0.6 is 0 Å². The average Bonchev–Trinajstić information content (AvgIpc) is 2.03. The molecular weight excluding hydrogens is 176 g/mol. The van der Waals surface area contributed by atoms with E-state index in [9.17, 15) is 14.9 Å². The van der Waals surface area contributed by atoms with Crippen molar-refractivity contribution in [3.8, 4) is 0 Å². The maximum absolute atomic E-state index is 10.5. The Labute approximate surface area is 73.0 Å². The topological polar surface area (TPSA) is 93.3 Å². The lowest BCUT2D eigenvalue weighted by Gasteiger charge is -1.98. The number of rotatable bonds is 3. The predicted molar refractivity (Wildman–Crippen MR) is 41.9 cm³/mol. The molecule has 0 atom stereocenters. The molecule has 1 heterocycles. The number of aromatic nitrogens is 1. The summed E-state index contributed by atoms with van der Waals surface area (Å²) in [5.41, 5.74) is 0.0340. The molecule has 0 aliphatic carbocycles. The van der Waals surface area contributed by atoms with Gasteiger partial charge in [0, 0.05) is 22.9 Å². The molecule has 0 aliphatic heterocycles. The summed E-state index contributed by atoms with van der Waals surface area (Å²) in [7, 11) is 0. The number of carbonyl (C=O) groups is 1. The van der Waals surface area contributed by atoms with Crippen molar-refractivity contribution in [2.75, 3.05) is 0 Å². The summed E-state index contributed by atoms with van der Waals surface area (Å²) in [4.78, 5) is 23.7. The van der Waals surface area contributed by atoms with Gasteiger partial charge in [-0.05, 0) is 6.07 Å². The van der Waals surface area contributed by atoms with E-state index in [-0.39, 0.29) is 11.1 Å². The van der Waals surface area contributed by atoms with Crippen LogP contribution in [0.15, 0.2) is 18.5 Å². The number of hydrogen-bond acceptors (Lipinski definition) is 4. The van der Waals surface area contributed by atoms with Crippen molar-refractivity contribution >= 4 is 5.97 Å². The van der Waals surface area contributed by atoms with Crippen LogP contribution in [0, 0.1) is 10.1 Å². The normalized spacial score (nSPS) is 9.54. The smallest absolute Gasteiger partial charge is 0.337 e. The second-order valence-electron chi connectivity index (χ2n) is 2.33. The van der Waals surface area contributed by atoms with E-state index in [0.29, 0.717) is 0 Å². The molecule has 0 amide bonds. The minimum Gasteiger partial charge on any atom is -0.478 e. The van der Waals surface area contributed by atoms with Gasteiger partial charge in [0.05, 0.1) is 5.56 Å². The van der Waals surface area contributed by atoms with E-state index in [1.165, 1.54) is 12.3 Å². The molecule has 0 fully saturated rings. The molecular formula is C7H6N2O4. The Morgan fingerprint density at radius 2 is 2.38 bits per heavy atom. The first-order valence-corrected chi connectivity index (χ1v) is 3.39. The Morgan fingerprint density at radius 3 is 2.92 bits per heavy atom. The predicted octanol–water partition coefficient (Wildman–Crippen LogP) is 0.556. The van der Waals surface area contributed by atoms with Gasteiger partial charge in [0.2, 0.25) is 6.54 Å². The van der Waals surface area contributed by atoms with Crippen LogP contribution in [0.4, 0.5) is 0 Å². The number of carboxylic acid groups (broad SMARTS) is 1. The van der Waals surface area contributed by atoms with E-state index in [2.05, 4.69) is 4.98 Å². The standard InChI is InChI=1S/C7H6N2O4/c10-7(11)6-3-8-2-1-5(6)4-9(12)13/h1-3H,4H2,(H,10,11). The number of hydrogen-bond donors (Lipinski definition) is 1. The largest absolute Gasteiger partial charge is 0.478 e. The van der Waals surface area contributed by atoms with Gasteiger partial charge in [-0.2, -0.15) is 0 Å². The zero-order valence-corrected chi connectivity index (χ0v) is 6.51. The molecule has 0 bridgehead atoms. The van der Waals surface area contributed by atoms with Crippen molar-refractivity contribution in [1.82, 2.24) is 4.98 Å². The van der Waals surface area contributed by atoms with E-state index in [1.807, 2.05) is 0 Å². The minimum absolute atomic E-state index is 0.126. The molecule has 1 aromatic rings. The summed E-state index contributed by atoms with van der Waals surface area (Å²) in [6.07, 6.45) is 2.42. The van der Waals surface area contributed by atoms with Crippen molar-refractivity contribution in [2.45, 2.75) is 6.54 Å². The fourth-order valence-corrected chi connectivity index (χ4v) is 0.893. The van der Waals surface area contributed by atoms with Gasteiger partial charge in [-0.25, -0.2) is 4.79 Å². The number of nitro groups is 1. The van der Waals surface area contributed by atoms with Crippen LogP contribution in [-0.4, -0.2) is 21.0 Å². The number of nitrogens with zero attached hydrogens (tertiary/aromatic N) is 2. The van der Waals surface area contributed by atoms with Crippen molar-refractivity contribution in [1.29, 1.82) is 0 Å².